The lowest BCUT2D eigenvalue weighted by atomic mass is 10.0. The van der Waals surface area contributed by atoms with E-state index in [1.807, 2.05) is 6.07 Å². The standard InChI is InChI=1S/C16H17F2N3/c17-12-5-10(6-13(18)8-12)7-16-20-14(9-15(19)21-16)11-3-1-2-4-11/h5-6,8-9,11H,1-4,7H2,(H2,19,20,21). The summed E-state index contributed by atoms with van der Waals surface area (Å²) in [6.07, 6.45) is 4.92. The molecule has 3 nitrogen and oxygen atoms in total. The molecule has 1 aromatic heterocycles. The normalized spacial score (nSPS) is 15.5. The molecule has 2 N–H and O–H groups in total. The van der Waals surface area contributed by atoms with Crippen LogP contribution in [0.15, 0.2) is 24.3 Å². The van der Waals surface area contributed by atoms with E-state index in [0.717, 1.165) is 24.6 Å². The van der Waals surface area contributed by atoms with Gasteiger partial charge in [0.2, 0.25) is 0 Å². The van der Waals surface area contributed by atoms with Crippen LogP contribution in [0.25, 0.3) is 0 Å². The molecule has 3 rings (SSSR count). The van der Waals surface area contributed by atoms with E-state index in [-0.39, 0.29) is 6.42 Å². The van der Waals surface area contributed by atoms with Gasteiger partial charge in [-0.05, 0) is 30.5 Å². The van der Waals surface area contributed by atoms with Crippen molar-refractivity contribution in [2.24, 2.45) is 0 Å². The molecule has 1 aliphatic carbocycles. The van der Waals surface area contributed by atoms with E-state index in [1.165, 1.54) is 25.0 Å². The molecule has 0 aliphatic heterocycles. The monoisotopic (exact) mass is 289 g/mol. The molecule has 1 aromatic carbocycles. The van der Waals surface area contributed by atoms with Gasteiger partial charge >= 0.3 is 0 Å². The second-order valence-electron chi connectivity index (χ2n) is 5.57. The third-order valence-corrected chi connectivity index (χ3v) is 3.87. The summed E-state index contributed by atoms with van der Waals surface area (Å²) in [6, 6.07) is 5.26. The molecule has 21 heavy (non-hydrogen) atoms. The third-order valence-electron chi connectivity index (χ3n) is 3.87. The van der Waals surface area contributed by atoms with Gasteiger partial charge < -0.3 is 5.73 Å². The van der Waals surface area contributed by atoms with Crippen LogP contribution in [0, 0.1) is 11.6 Å². The first-order valence-electron chi connectivity index (χ1n) is 7.18. The number of hydrogen-bond donors (Lipinski definition) is 1. The number of hydrogen-bond acceptors (Lipinski definition) is 3. The van der Waals surface area contributed by atoms with Gasteiger partial charge in [-0.3, -0.25) is 0 Å². The number of benzene rings is 1. The van der Waals surface area contributed by atoms with Crippen LogP contribution >= 0.6 is 0 Å². The van der Waals surface area contributed by atoms with Crippen LogP contribution in [0.5, 0.6) is 0 Å². The van der Waals surface area contributed by atoms with Gasteiger partial charge in [0, 0.05) is 30.2 Å². The van der Waals surface area contributed by atoms with Crippen molar-refractivity contribution in [2.45, 2.75) is 38.0 Å². The van der Waals surface area contributed by atoms with Gasteiger partial charge in [0.1, 0.15) is 23.3 Å². The van der Waals surface area contributed by atoms with E-state index in [1.54, 1.807) is 0 Å². The van der Waals surface area contributed by atoms with Crippen molar-refractivity contribution in [3.8, 4) is 0 Å². The Morgan fingerprint density at radius 3 is 2.33 bits per heavy atom. The average Bonchev–Trinajstić information content (AvgIpc) is 2.90. The maximum Gasteiger partial charge on any atom is 0.135 e. The first-order valence-corrected chi connectivity index (χ1v) is 7.18. The molecule has 0 radical (unpaired) electrons. The Hall–Kier alpha value is -2.04. The summed E-state index contributed by atoms with van der Waals surface area (Å²) >= 11 is 0. The molecule has 0 unspecified atom stereocenters. The Kier molecular flexibility index (Phi) is 3.82. The molecule has 0 atom stereocenters. The minimum Gasteiger partial charge on any atom is -0.384 e. The molecule has 1 fully saturated rings. The smallest absolute Gasteiger partial charge is 0.135 e. The summed E-state index contributed by atoms with van der Waals surface area (Å²) in [4.78, 5) is 8.72. The fourth-order valence-corrected chi connectivity index (χ4v) is 2.94. The molecule has 1 saturated carbocycles. The van der Waals surface area contributed by atoms with E-state index in [0.29, 0.717) is 23.1 Å². The van der Waals surface area contributed by atoms with Crippen LogP contribution in [0.4, 0.5) is 14.6 Å². The molecule has 5 heteroatoms. The lowest BCUT2D eigenvalue weighted by Gasteiger charge is -2.11. The minimum absolute atomic E-state index is 0.277. The Morgan fingerprint density at radius 1 is 1.00 bits per heavy atom. The van der Waals surface area contributed by atoms with E-state index in [9.17, 15) is 8.78 Å². The molecule has 1 heterocycles. The minimum atomic E-state index is -0.593. The molecular weight excluding hydrogens is 272 g/mol. The molecule has 0 amide bonds. The van der Waals surface area contributed by atoms with Crippen molar-refractivity contribution in [3.05, 3.63) is 53.0 Å². The van der Waals surface area contributed by atoms with Crippen LogP contribution in [-0.4, -0.2) is 9.97 Å². The van der Waals surface area contributed by atoms with Gasteiger partial charge in [0.15, 0.2) is 0 Å². The van der Waals surface area contributed by atoms with Crippen molar-refractivity contribution in [1.29, 1.82) is 0 Å². The fourth-order valence-electron chi connectivity index (χ4n) is 2.94. The Labute approximate surface area is 122 Å². The van der Waals surface area contributed by atoms with Gasteiger partial charge in [-0.2, -0.15) is 0 Å². The Balaban J connectivity index is 1.87. The van der Waals surface area contributed by atoms with E-state index in [2.05, 4.69) is 9.97 Å². The number of anilines is 1. The Bertz CT molecular complexity index is 632. The number of aromatic nitrogens is 2. The highest BCUT2D eigenvalue weighted by atomic mass is 19.1. The second-order valence-corrected chi connectivity index (χ2v) is 5.57. The van der Waals surface area contributed by atoms with Crippen LogP contribution in [0.1, 0.15) is 48.7 Å². The average molecular weight is 289 g/mol. The molecule has 0 saturated heterocycles. The summed E-state index contributed by atoms with van der Waals surface area (Å²) in [7, 11) is 0. The number of halogens is 2. The topological polar surface area (TPSA) is 51.8 Å². The molecule has 1 aliphatic rings. The quantitative estimate of drug-likeness (QED) is 0.939. The predicted octanol–water partition coefficient (Wildman–Crippen LogP) is 3.59. The number of nitrogens with two attached hydrogens (primary N) is 1. The zero-order valence-corrected chi connectivity index (χ0v) is 11.6. The van der Waals surface area contributed by atoms with Gasteiger partial charge in [-0.15, -0.1) is 0 Å². The SMILES string of the molecule is Nc1cc(C2CCCC2)nc(Cc2cc(F)cc(F)c2)n1. The van der Waals surface area contributed by atoms with E-state index in [4.69, 9.17) is 5.73 Å². The molecule has 110 valence electrons. The Morgan fingerprint density at radius 2 is 1.67 bits per heavy atom. The fraction of sp³-hybridized carbons (Fsp3) is 0.375. The molecular formula is C16H17F2N3. The lowest BCUT2D eigenvalue weighted by Crippen LogP contribution is -2.06. The summed E-state index contributed by atoms with van der Waals surface area (Å²) in [6.45, 7) is 0. The van der Waals surface area contributed by atoms with E-state index < -0.39 is 11.6 Å². The van der Waals surface area contributed by atoms with Crippen molar-refractivity contribution in [1.82, 2.24) is 9.97 Å². The highest BCUT2D eigenvalue weighted by Crippen LogP contribution is 2.33. The number of nitrogens with zero attached hydrogens (tertiary/aromatic N) is 2. The zero-order valence-electron chi connectivity index (χ0n) is 11.6. The van der Waals surface area contributed by atoms with Gasteiger partial charge in [-0.1, -0.05) is 12.8 Å². The molecule has 2 aromatic rings. The van der Waals surface area contributed by atoms with Crippen LogP contribution in [-0.2, 0) is 6.42 Å². The summed E-state index contributed by atoms with van der Waals surface area (Å²) < 4.78 is 26.5. The van der Waals surface area contributed by atoms with Gasteiger partial charge in [0.05, 0.1) is 0 Å². The summed E-state index contributed by atoms with van der Waals surface area (Å²) in [5.41, 5.74) is 7.30. The first-order chi connectivity index (χ1) is 10.1. The highest BCUT2D eigenvalue weighted by molar-refractivity contribution is 5.33. The third kappa shape index (κ3) is 3.35. The van der Waals surface area contributed by atoms with Crippen molar-refractivity contribution < 1.29 is 8.78 Å². The maximum atomic E-state index is 13.2. The number of nitrogen functional groups attached to an aromatic ring is 1. The largest absolute Gasteiger partial charge is 0.384 e. The predicted molar refractivity (Wildman–Crippen MR) is 76.8 cm³/mol. The highest BCUT2D eigenvalue weighted by Gasteiger charge is 2.19. The van der Waals surface area contributed by atoms with Gasteiger partial charge in [0.25, 0.3) is 0 Å². The van der Waals surface area contributed by atoms with Crippen molar-refractivity contribution in [3.63, 3.8) is 0 Å². The summed E-state index contributed by atoms with van der Waals surface area (Å²) in [5.74, 6) is 0.175. The summed E-state index contributed by atoms with van der Waals surface area (Å²) in [5, 5.41) is 0. The maximum absolute atomic E-state index is 13.2. The lowest BCUT2D eigenvalue weighted by molar-refractivity contribution is 0.580. The van der Waals surface area contributed by atoms with E-state index >= 15 is 0 Å². The van der Waals surface area contributed by atoms with Crippen LogP contribution < -0.4 is 5.73 Å². The van der Waals surface area contributed by atoms with Crippen LogP contribution in [0.2, 0.25) is 0 Å². The molecule has 0 spiro atoms. The van der Waals surface area contributed by atoms with Crippen LogP contribution in [0.3, 0.4) is 0 Å². The molecule has 0 bridgehead atoms. The van der Waals surface area contributed by atoms with Crippen molar-refractivity contribution in [2.75, 3.05) is 5.73 Å². The van der Waals surface area contributed by atoms with Gasteiger partial charge in [-0.25, -0.2) is 18.7 Å². The van der Waals surface area contributed by atoms with Crippen molar-refractivity contribution >= 4 is 5.82 Å². The first kappa shape index (κ1) is 13.9. The number of rotatable bonds is 3. The second kappa shape index (κ2) is 5.76. The zero-order chi connectivity index (χ0) is 14.8.